The minimum Gasteiger partial charge on any atom is -0.438 e. The average Bonchev–Trinajstić information content (AvgIpc) is 2.39. The molecule has 0 saturated carbocycles. The smallest absolute Gasteiger partial charge is 0.229 e. The van der Waals surface area contributed by atoms with Crippen molar-refractivity contribution in [3.8, 4) is 11.6 Å². The number of aliphatic hydroxyl groups is 1. The summed E-state index contributed by atoms with van der Waals surface area (Å²) in [5.41, 5.74) is 6.94. The third-order valence-corrected chi connectivity index (χ3v) is 2.55. The van der Waals surface area contributed by atoms with Gasteiger partial charge >= 0.3 is 0 Å². The molecule has 0 spiro atoms. The van der Waals surface area contributed by atoms with Crippen LogP contribution in [0.4, 0.5) is 0 Å². The first kappa shape index (κ1) is 12.5. The summed E-state index contributed by atoms with van der Waals surface area (Å²) < 4.78 is 5.62. The van der Waals surface area contributed by atoms with E-state index in [1.807, 2.05) is 0 Å². The van der Waals surface area contributed by atoms with Crippen molar-refractivity contribution in [2.45, 2.75) is 6.61 Å². The minimum absolute atomic E-state index is 0.0401. The molecule has 0 radical (unpaired) electrons. The zero-order valence-corrected chi connectivity index (χ0v) is 10.4. The third kappa shape index (κ3) is 2.82. The van der Waals surface area contributed by atoms with Crippen molar-refractivity contribution in [1.29, 1.82) is 0 Å². The molecule has 0 aliphatic rings. The van der Waals surface area contributed by atoms with Crippen LogP contribution in [0.1, 0.15) is 11.1 Å². The quantitative estimate of drug-likeness (QED) is 0.823. The van der Waals surface area contributed by atoms with Gasteiger partial charge in [-0.3, -0.25) is 0 Å². The molecule has 3 N–H and O–H groups in total. The number of nitrogens with two attached hydrogens (primary N) is 1. The molecule has 5 heteroatoms. The van der Waals surface area contributed by atoms with Crippen molar-refractivity contribution in [3.63, 3.8) is 0 Å². The summed E-state index contributed by atoms with van der Waals surface area (Å²) in [5, 5.41) is 9.06. The standard InChI is InChI=1S/C13H12N2O2S/c14-12(18)11-5-2-6-15-13(11)17-10-4-1-3-9(7-10)8-16/h1-7,16H,8H2,(H2,14,18). The highest BCUT2D eigenvalue weighted by molar-refractivity contribution is 7.80. The van der Waals surface area contributed by atoms with Gasteiger partial charge in [0, 0.05) is 6.20 Å². The van der Waals surface area contributed by atoms with E-state index < -0.39 is 0 Å². The molecular weight excluding hydrogens is 248 g/mol. The molecule has 0 atom stereocenters. The molecule has 18 heavy (non-hydrogen) atoms. The van der Waals surface area contributed by atoms with Crippen LogP contribution in [0.25, 0.3) is 0 Å². The van der Waals surface area contributed by atoms with Gasteiger partial charge in [0.2, 0.25) is 5.88 Å². The Labute approximate surface area is 110 Å². The second-order valence-electron chi connectivity index (χ2n) is 3.63. The van der Waals surface area contributed by atoms with E-state index in [1.54, 1.807) is 42.6 Å². The van der Waals surface area contributed by atoms with Gasteiger partial charge in [0.15, 0.2) is 0 Å². The Morgan fingerprint density at radius 3 is 2.89 bits per heavy atom. The van der Waals surface area contributed by atoms with Gasteiger partial charge in [0.25, 0.3) is 0 Å². The SMILES string of the molecule is NC(=S)c1cccnc1Oc1cccc(CO)c1. The zero-order valence-electron chi connectivity index (χ0n) is 9.54. The van der Waals surface area contributed by atoms with Crippen molar-refractivity contribution in [1.82, 2.24) is 4.98 Å². The highest BCUT2D eigenvalue weighted by Gasteiger charge is 2.08. The number of ether oxygens (including phenoxy) is 1. The van der Waals surface area contributed by atoms with Gasteiger partial charge in [0.05, 0.1) is 12.2 Å². The maximum Gasteiger partial charge on any atom is 0.229 e. The van der Waals surface area contributed by atoms with Crippen LogP contribution in [0.2, 0.25) is 0 Å². The summed E-state index contributed by atoms with van der Waals surface area (Å²) in [6.45, 7) is -0.0401. The van der Waals surface area contributed by atoms with Gasteiger partial charge < -0.3 is 15.6 Å². The Balaban J connectivity index is 2.31. The first-order chi connectivity index (χ1) is 8.70. The fraction of sp³-hybridized carbons (Fsp3) is 0.0769. The molecular formula is C13H12N2O2S. The molecule has 0 aliphatic heterocycles. The Bertz CT molecular complexity index is 572. The number of benzene rings is 1. The zero-order chi connectivity index (χ0) is 13.0. The lowest BCUT2D eigenvalue weighted by Crippen LogP contribution is -2.11. The molecule has 0 aliphatic carbocycles. The maximum atomic E-state index is 9.06. The second-order valence-corrected chi connectivity index (χ2v) is 4.07. The monoisotopic (exact) mass is 260 g/mol. The normalized spacial score (nSPS) is 10.1. The molecule has 4 nitrogen and oxygen atoms in total. The molecule has 92 valence electrons. The van der Waals surface area contributed by atoms with E-state index in [4.69, 9.17) is 27.8 Å². The van der Waals surface area contributed by atoms with Crippen LogP contribution in [0.15, 0.2) is 42.6 Å². The van der Waals surface area contributed by atoms with E-state index in [1.165, 1.54) is 0 Å². The molecule has 0 unspecified atom stereocenters. The summed E-state index contributed by atoms with van der Waals surface area (Å²) in [5.74, 6) is 0.942. The van der Waals surface area contributed by atoms with E-state index in [-0.39, 0.29) is 11.6 Å². The number of pyridine rings is 1. The highest BCUT2D eigenvalue weighted by Crippen LogP contribution is 2.23. The van der Waals surface area contributed by atoms with Gasteiger partial charge in [-0.1, -0.05) is 24.4 Å². The van der Waals surface area contributed by atoms with Gasteiger partial charge in [-0.15, -0.1) is 0 Å². The van der Waals surface area contributed by atoms with Gasteiger partial charge in [-0.25, -0.2) is 4.98 Å². The predicted molar refractivity (Wildman–Crippen MR) is 72.6 cm³/mol. The van der Waals surface area contributed by atoms with Gasteiger partial charge in [0.1, 0.15) is 10.7 Å². The van der Waals surface area contributed by atoms with Crippen LogP contribution < -0.4 is 10.5 Å². The van der Waals surface area contributed by atoms with Crippen LogP contribution in [0.3, 0.4) is 0 Å². The van der Waals surface area contributed by atoms with Crippen LogP contribution in [0.5, 0.6) is 11.6 Å². The van der Waals surface area contributed by atoms with Gasteiger partial charge in [-0.2, -0.15) is 0 Å². The van der Waals surface area contributed by atoms with Gasteiger partial charge in [-0.05, 0) is 29.8 Å². The van der Waals surface area contributed by atoms with E-state index in [0.717, 1.165) is 5.56 Å². The number of thiocarbonyl (C=S) groups is 1. The number of hydrogen-bond donors (Lipinski definition) is 2. The van der Waals surface area contributed by atoms with E-state index >= 15 is 0 Å². The van der Waals surface area contributed by atoms with Crippen molar-refractivity contribution in [2.24, 2.45) is 5.73 Å². The molecule has 2 rings (SSSR count). The lowest BCUT2D eigenvalue weighted by molar-refractivity contribution is 0.281. The van der Waals surface area contributed by atoms with Crippen LogP contribution in [-0.2, 0) is 6.61 Å². The molecule has 1 aromatic carbocycles. The summed E-state index contributed by atoms with van der Waals surface area (Å²) in [6.07, 6.45) is 1.60. The molecule has 1 aromatic heterocycles. The topological polar surface area (TPSA) is 68.4 Å². The van der Waals surface area contributed by atoms with Crippen LogP contribution in [-0.4, -0.2) is 15.1 Å². The fourth-order valence-electron chi connectivity index (χ4n) is 1.48. The number of hydrogen-bond acceptors (Lipinski definition) is 4. The Morgan fingerprint density at radius 1 is 1.33 bits per heavy atom. The van der Waals surface area contributed by atoms with Crippen LogP contribution in [0, 0.1) is 0 Å². The molecule has 0 bridgehead atoms. The lowest BCUT2D eigenvalue weighted by atomic mass is 10.2. The maximum absolute atomic E-state index is 9.06. The molecule has 0 saturated heterocycles. The largest absolute Gasteiger partial charge is 0.438 e. The third-order valence-electron chi connectivity index (χ3n) is 2.33. The molecule has 1 heterocycles. The highest BCUT2D eigenvalue weighted by atomic mass is 32.1. The van der Waals surface area contributed by atoms with Crippen LogP contribution >= 0.6 is 12.2 Å². The molecule has 2 aromatic rings. The van der Waals surface area contributed by atoms with Crippen molar-refractivity contribution in [2.75, 3.05) is 0 Å². The van der Waals surface area contributed by atoms with Crippen molar-refractivity contribution < 1.29 is 9.84 Å². The molecule has 0 fully saturated rings. The Hall–Kier alpha value is -1.98. The Morgan fingerprint density at radius 2 is 2.17 bits per heavy atom. The minimum atomic E-state index is -0.0401. The lowest BCUT2D eigenvalue weighted by Gasteiger charge is -2.09. The van der Waals surface area contributed by atoms with Crippen molar-refractivity contribution in [3.05, 3.63) is 53.7 Å². The Kier molecular flexibility index (Phi) is 3.86. The average molecular weight is 260 g/mol. The second kappa shape index (κ2) is 5.57. The number of aliphatic hydroxyl groups excluding tert-OH is 1. The summed E-state index contributed by atoms with van der Waals surface area (Å²) >= 11 is 4.93. The van der Waals surface area contributed by atoms with E-state index in [0.29, 0.717) is 17.2 Å². The van der Waals surface area contributed by atoms with E-state index in [2.05, 4.69) is 4.98 Å². The summed E-state index contributed by atoms with van der Waals surface area (Å²) in [7, 11) is 0. The van der Waals surface area contributed by atoms with E-state index in [9.17, 15) is 0 Å². The molecule has 0 amide bonds. The number of aromatic nitrogens is 1. The number of rotatable bonds is 4. The summed E-state index contributed by atoms with van der Waals surface area (Å²) in [6, 6.07) is 10.6. The fourth-order valence-corrected chi connectivity index (χ4v) is 1.63. The van der Waals surface area contributed by atoms with Crippen molar-refractivity contribution >= 4 is 17.2 Å². The first-order valence-corrected chi connectivity index (χ1v) is 5.74. The first-order valence-electron chi connectivity index (χ1n) is 5.33. The number of nitrogens with zero attached hydrogens (tertiary/aromatic N) is 1. The predicted octanol–water partition coefficient (Wildman–Crippen LogP) is 2.00. The summed E-state index contributed by atoms with van der Waals surface area (Å²) in [4.78, 5) is 4.33.